The standard InChI is InChI=1S/C21H21N5O3/c1-28-19-8-4-6-17-16(19)9-11-25(17)12-10-22-21(27)13-29-20-7-3-2-5-18(20)26-14-23-24-15-26/h2-9,11,14-15H,10,12-13H2,1H3,(H,22,27). The molecule has 0 bridgehead atoms. The summed E-state index contributed by atoms with van der Waals surface area (Å²) >= 11 is 0. The Morgan fingerprint density at radius 3 is 2.66 bits per heavy atom. The lowest BCUT2D eigenvalue weighted by molar-refractivity contribution is -0.123. The normalized spacial score (nSPS) is 10.8. The van der Waals surface area contributed by atoms with Crippen molar-refractivity contribution in [2.45, 2.75) is 6.54 Å². The van der Waals surface area contributed by atoms with E-state index in [-0.39, 0.29) is 12.5 Å². The number of fused-ring (bicyclic) bond motifs is 1. The summed E-state index contributed by atoms with van der Waals surface area (Å²) in [6, 6.07) is 15.4. The van der Waals surface area contributed by atoms with E-state index in [2.05, 4.69) is 20.1 Å². The van der Waals surface area contributed by atoms with Gasteiger partial charge in [0.05, 0.1) is 18.3 Å². The number of nitrogens with zero attached hydrogens (tertiary/aromatic N) is 4. The molecular weight excluding hydrogens is 370 g/mol. The van der Waals surface area contributed by atoms with Gasteiger partial charge in [-0.3, -0.25) is 9.36 Å². The molecule has 2 aromatic heterocycles. The second-order valence-corrected chi connectivity index (χ2v) is 6.38. The van der Waals surface area contributed by atoms with Crippen LogP contribution in [0.5, 0.6) is 11.5 Å². The molecule has 0 saturated heterocycles. The van der Waals surface area contributed by atoms with E-state index in [4.69, 9.17) is 9.47 Å². The van der Waals surface area contributed by atoms with Crippen molar-refractivity contribution >= 4 is 16.8 Å². The van der Waals surface area contributed by atoms with E-state index in [0.717, 1.165) is 22.3 Å². The number of rotatable bonds is 8. The summed E-state index contributed by atoms with van der Waals surface area (Å²) in [5.41, 5.74) is 1.84. The summed E-state index contributed by atoms with van der Waals surface area (Å²) < 4.78 is 14.9. The van der Waals surface area contributed by atoms with Crippen molar-refractivity contribution in [3.05, 3.63) is 67.4 Å². The van der Waals surface area contributed by atoms with Crippen LogP contribution in [0.2, 0.25) is 0 Å². The zero-order valence-corrected chi connectivity index (χ0v) is 16.0. The van der Waals surface area contributed by atoms with Gasteiger partial charge in [-0.15, -0.1) is 10.2 Å². The van der Waals surface area contributed by atoms with Gasteiger partial charge in [-0.1, -0.05) is 18.2 Å². The lowest BCUT2D eigenvalue weighted by atomic mass is 10.2. The van der Waals surface area contributed by atoms with E-state index >= 15 is 0 Å². The number of hydrogen-bond acceptors (Lipinski definition) is 5. The zero-order chi connectivity index (χ0) is 20.1. The molecule has 0 aliphatic heterocycles. The largest absolute Gasteiger partial charge is 0.496 e. The van der Waals surface area contributed by atoms with Crippen LogP contribution in [-0.2, 0) is 11.3 Å². The molecule has 0 saturated carbocycles. The van der Waals surface area contributed by atoms with Gasteiger partial charge in [-0.25, -0.2) is 0 Å². The highest BCUT2D eigenvalue weighted by atomic mass is 16.5. The highest BCUT2D eigenvalue weighted by Gasteiger charge is 2.09. The Kier molecular flexibility index (Phi) is 5.42. The third-order valence-electron chi connectivity index (χ3n) is 4.59. The molecular formula is C21H21N5O3. The number of methoxy groups -OCH3 is 1. The maximum absolute atomic E-state index is 12.2. The van der Waals surface area contributed by atoms with Crippen molar-refractivity contribution in [1.82, 2.24) is 24.6 Å². The highest BCUT2D eigenvalue weighted by Crippen LogP contribution is 2.26. The zero-order valence-electron chi connectivity index (χ0n) is 16.0. The number of ether oxygens (including phenoxy) is 2. The molecule has 0 fully saturated rings. The summed E-state index contributed by atoms with van der Waals surface area (Å²) in [5.74, 6) is 1.24. The van der Waals surface area contributed by atoms with Gasteiger partial charge < -0.3 is 19.4 Å². The second-order valence-electron chi connectivity index (χ2n) is 6.38. The van der Waals surface area contributed by atoms with Crippen LogP contribution in [0.4, 0.5) is 0 Å². The minimum atomic E-state index is -0.183. The van der Waals surface area contributed by atoms with Crippen molar-refractivity contribution in [2.75, 3.05) is 20.3 Å². The summed E-state index contributed by atoms with van der Waals surface area (Å²) in [7, 11) is 1.66. The number of nitrogens with one attached hydrogen (secondary N) is 1. The van der Waals surface area contributed by atoms with Crippen molar-refractivity contribution in [2.24, 2.45) is 0 Å². The van der Waals surface area contributed by atoms with Gasteiger partial charge in [0.1, 0.15) is 24.2 Å². The molecule has 148 valence electrons. The van der Waals surface area contributed by atoms with E-state index < -0.39 is 0 Å². The molecule has 4 rings (SSSR count). The number of carbonyl (C=O) groups excluding carboxylic acids is 1. The first-order valence-corrected chi connectivity index (χ1v) is 9.21. The fraction of sp³-hybridized carbons (Fsp3) is 0.190. The fourth-order valence-electron chi connectivity index (χ4n) is 3.20. The van der Waals surface area contributed by atoms with Crippen molar-refractivity contribution < 1.29 is 14.3 Å². The molecule has 0 unspecified atom stereocenters. The van der Waals surface area contributed by atoms with E-state index in [1.807, 2.05) is 54.7 Å². The van der Waals surface area contributed by atoms with Gasteiger partial charge in [0.2, 0.25) is 0 Å². The predicted molar refractivity (Wildman–Crippen MR) is 108 cm³/mol. The molecule has 0 aliphatic carbocycles. The van der Waals surface area contributed by atoms with Gasteiger partial charge in [-0.2, -0.15) is 0 Å². The van der Waals surface area contributed by atoms with E-state index in [1.54, 1.807) is 24.3 Å². The minimum absolute atomic E-state index is 0.0701. The quantitative estimate of drug-likeness (QED) is 0.499. The Hall–Kier alpha value is -3.81. The number of para-hydroxylation sites is 2. The monoisotopic (exact) mass is 391 g/mol. The number of aromatic nitrogens is 4. The van der Waals surface area contributed by atoms with Crippen LogP contribution in [0.25, 0.3) is 16.6 Å². The average Bonchev–Trinajstić information content (AvgIpc) is 3.43. The maximum atomic E-state index is 12.2. The van der Waals surface area contributed by atoms with E-state index in [1.165, 1.54) is 0 Å². The van der Waals surface area contributed by atoms with Gasteiger partial charge >= 0.3 is 0 Å². The topological polar surface area (TPSA) is 83.2 Å². The summed E-state index contributed by atoms with van der Waals surface area (Å²) in [4.78, 5) is 12.2. The Balaban J connectivity index is 1.32. The van der Waals surface area contributed by atoms with E-state index in [0.29, 0.717) is 18.8 Å². The molecule has 4 aromatic rings. The molecule has 2 heterocycles. The first-order valence-electron chi connectivity index (χ1n) is 9.21. The summed E-state index contributed by atoms with van der Waals surface area (Å²) in [6.45, 7) is 1.08. The third kappa shape index (κ3) is 4.06. The van der Waals surface area contributed by atoms with Crippen LogP contribution in [0.3, 0.4) is 0 Å². The molecule has 1 N–H and O–H groups in total. The average molecular weight is 391 g/mol. The van der Waals surface area contributed by atoms with Gasteiger partial charge in [0.25, 0.3) is 5.91 Å². The number of benzene rings is 2. The third-order valence-corrected chi connectivity index (χ3v) is 4.59. The molecule has 0 spiro atoms. The van der Waals surface area contributed by atoms with Crippen LogP contribution >= 0.6 is 0 Å². The number of amides is 1. The first kappa shape index (κ1) is 18.5. The van der Waals surface area contributed by atoms with Crippen molar-refractivity contribution in [1.29, 1.82) is 0 Å². The van der Waals surface area contributed by atoms with Gasteiger partial charge in [0, 0.05) is 24.7 Å². The van der Waals surface area contributed by atoms with Crippen molar-refractivity contribution in [3.8, 4) is 17.2 Å². The Labute approximate surface area is 167 Å². The Bertz CT molecular complexity index is 1100. The van der Waals surface area contributed by atoms with Crippen LogP contribution in [-0.4, -0.2) is 45.5 Å². The van der Waals surface area contributed by atoms with Crippen LogP contribution in [0, 0.1) is 0 Å². The molecule has 2 aromatic carbocycles. The smallest absolute Gasteiger partial charge is 0.258 e. The minimum Gasteiger partial charge on any atom is -0.496 e. The highest BCUT2D eigenvalue weighted by molar-refractivity contribution is 5.86. The lowest BCUT2D eigenvalue weighted by Gasteiger charge is -2.12. The Morgan fingerprint density at radius 1 is 1.03 bits per heavy atom. The summed E-state index contributed by atoms with van der Waals surface area (Å²) in [5, 5.41) is 11.5. The van der Waals surface area contributed by atoms with Crippen molar-refractivity contribution in [3.63, 3.8) is 0 Å². The van der Waals surface area contributed by atoms with Crippen LogP contribution < -0.4 is 14.8 Å². The second kappa shape index (κ2) is 8.47. The van der Waals surface area contributed by atoms with Crippen LogP contribution in [0.1, 0.15) is 0 Å². The number of carbonyl (C=O) groups is 1. The maximum Gasteiger partial charge on any atom is 0.258 e. The molecule has 1 amide bonds. The molecule has 0 aliphatic rings. The SMILES string of the molecule is COc1cccc2c1ccn2CCNC(=O)COc1ccccc1-n1cnnc1. The van der Waals surface area contributed by atoms with Gasteiger partial charge in [-0.05, 0) is 30.3 Å². The molecule has 8 nitrogen and oxygen atoms in total. The fourth-order valence-corrected chi connectivity index (χ4v) is 3.20. The Morgan fingerprint density at radius 2 is 1.83 bits per heavy atom. The van der Waals surface area contributed by atoms with Crippen LogP contribution in [0.15, 0.2) is 67.4 Å². The summed E-state index contributed by atoms with van der Waals surface area (Å²) in [6.07, 6.45) is 5.16. The molecule has 29 heavy (non-hydrogen) atoms. The first-order chi connectivity index (χ1) is 14.3. The lowest BCUT2D eigenvalue weighted by Crippen LogP contribution is -2.31. The molecule has 8 heteroatoms. The molecule has 0 radical (unpaired) electrons. The molecule has 0 atom stereocenters. The van der Waals surface area contributed by atoms with Gasteiger partial charge in [0.15, 0.2) is 6.61 Å². The predicted octanol–water partition coefficient (Wildman–Crippen LogP) is 2.43. The number of hydrogen-bond donors (Lipinski definition) is 1. The van der Waals surface area contributed by atoms with E-state index in [9.17, 15) is 4.79 Å².